The number of nitrogens with two attached hydrogens (primary N) is 1. The van der Waals surface area contributed by atoms with Crippen LogP contribution in [0.4, 0.5) is 4.39 Å². The number of furan rings is 1. The van der Waals surface area contributed by atoms with Crippen LogP contribution in [0.15, 0.2) is 28.9 Å². The van der Waals surface area contributed by atoms with Gasteiger partial charge in [-0.25, -0.2) is 4.39 Å². The molecule has 2 rings (SSSR count). The zero-order valence-corrected chi connectivity index (χ0v) is 9.89. The maximum atomic E-state index is 13.3. The van der Waals surface area contributed by atoms with Crippen molar-refractivity contribution in [2.45, 2.75) is 19.3 Å². The van der Waals surface area contributed by atoms with Gasteiger partial charge in [-0.05, 0) is 37.1 Å². The number of hydrogen-bond acceptors (Lipinski definition) is 2. The van der Waals surface area contributed by atoms with Gasteiger partial charge in [0.25, 0.3) is 0 Å². The van der Waals surface area contributed by atoms with Crippen LogP contribution in [0.3, 0.4) is 0 Å². The first-order chi connectivity index (χ1) is 7.22. The van der Waals surface area contributed by atoms with Crippen molar-refractivity contribution < 1.29 is 8.81 Å². The highest BCUT2D eigenvalue weighted by molar-refractivity contribution is 5.85. The Bertz CT molecular complexity index is 469. The molecule has 0 aliphatic rings. The van der Waals surface area contributed by atoms with Gasteiger partial charge in [-0.2, -0.15) is 0 Å². The molecule has 1 atom stereocenters. The fourth-order valence-electron chi connectivity index (χ4n) is 1.84. The minimum atomic E-state index is -0.220. The second-order valence-corrected chi connectivity index (χ2v) is 3.81. The standard InChI is InChI=1S/C12H14FNO.ClH/c1-8(2-4-14)11-7-10(13)6-9-3-5-15-12(9)11;/h3,5-8H,2,4,14H2,1H3;1H. The number of rotatable bonds is 3. The van der Waals surface area contributed by atoms with Gasteiger partial charge in [0.15, 0.2) is 0 Å². The van der Waals surface area contributed by atoms with Crippen molar-refractivity contribution in [1.29, 1.82) is 0 Å². The molecule has 88 valence electrons. The van der Waals surface area contributed by atoms with Crippen LogP contribution in [0.25, 0.3) is 11.0 Å². The number of halogens is 2. The predicted octanol–water partition coefficient (Wildman–Crippen LogP) is 3.45. The van der Waals surface area contributed by atoms with Crippen molar-refractivity contribution in [2.24, 2.45) is 5.73 Å². The second kappa shape index (κ2) is 5.32. The SMILES string of the molecule is CC(CCN)c1cc(F)cc2ccoc12.Cl. The lowest BCUT2D eigenvalue weighted by Crippen LogP contribution is -2.05. The van der Waals surface area contributed by atoms with Crippen LogP contribution >= 0.6 is 12.4 Å². The average molecular weight is 244 g/mol. The number of hydrogen-bond donors (Lipinski definition) is 1. The summed E-state index contributed by atoms with van der Waals surface area (Å²) >= 11 is 0. The van der Waals surface area contributed by atoms with Crippen molar-refractivity contribution in [3.8, 4) is 0 Å². The maximum Gasteiger partial charge on any atom is 0.137 e. The van der Waals surface area contributed by atoms with Crippen LogP contribution in [0.5, 0.6) is 0 Å². The van der Waals surface area contributed by atoms with Crippen LogP contribution in [0, 0.1) is 5.82 Å². The smallest absolute Gasteiger partial charge is 0.137 e. The van der Waals surface area contributed by atoms with Gasteiger partial charge in [-0.15, -0.1) is 12.4 Å². The summed E-state index contributed by atoms with van der Waals surface area (Å²) < 4.78 is 18.7. The second-order valence-electron chi connectivity index (χ2n) is 3.81. The normalized spacial score (nSPS) is 12.4. The summed E-state index contributed by atoms with van der Waals surface area (Å²) in [5, 5.41) is 0.814. The molecule has 0 aliphatic carbocycles. The predicted molar refractivity (Wildman–Crippen MR) is 65.5 cm³/mol. The Morgan fingerprint density at radius 2 is 2.19 bits per heavy atom. The first-order valence-corrected chi connectivity index (χ1v) is 5.09. The van der Waals surface area contributed by atoms with Crippen molar-refractivity contribution in [2.75, 3.05) is 6.54 Å². The summed E-state index contributed by atoms with van der Waals surface area (Å²) in [5.41, 5.74) is 7.18. The summed E-state index contributed by atoms with van der Waals surface area (Å²) in [4.78, 5) is 0. The Kier molecular flexibility index (Phi) is 4.33. The van der Waals surface area contributed by atoms with Crippen LogP contribution in [0.1, 0.15) is 24.8 Å². The molecule has 1 aromatic heterocycles. The Morgan fingerprint density at radius 1 is 1.44 bits per heavy atom. The molecular weight excluding hydrogens is 229 g/mol. The van der Waals surface area contributed by atoms with Gasteiger partial charge < -0.3 is 10.2 Å². The first-order valence-electron chi connectivity index (χ1n) is 5.09. The molecule has 4 heteroatoms. The molecule has 1 aromatic carbocycles. The molecule has 0 saturated heterocycles. The Balaban J connectivity index is 0.00000128. The van der Waals surface area contributed by atoms with Crippen LogP contribution in [0.2, 0.25) is 0 Å². The average Bonchev–Trinajstić information content (AvgIpc) is 2.64. The van der Waals surface area contributed by atoms with E-state index in [1.165, 1.54) is 12.1 Å². The van der Waals surface area contributed by atoms with Crippen molar-refractivity contribution >= 4 is 23.4 Å². The molecule has 0 radical (unpaired) electrons. The molecule has 0 aliphatic heterocycles. The molecule has 1 heterocycles. The van der Waals surface area contributed by atoms with E-state index in [-0.39, 0.29) is 24.1 Å². The van der Waals surface area contributed by atoms with Gasteiger partial charge in [0.2, 0.25) is 0 Å². The van der Waals surface area contributed by atoms with Gasteiger partial charge in [-0.1, -0.05) is 6.92 Å². The van der Waals surface area contributed by atoms with E-state index in [9.17, 15) is 4.39 Å². The molecule has 1 unspecified atom stereocenters. The molecule has 2 aromatic rings. The third kappa shape index (κ3) is 2.36. The molecule has 16 heavy (non-hydrogen) atoms. The van der Waals surface area contributed by atoms with Gasteiger partial charge in [-0.3, -0.25) is 0 Å². The molecular formula is C12H15ClFNO. The first kappa shape index (κ1) is 13.0. The van der Waals surface area contributed by atoms with Crippen molar-refractivity contribution in [1.82, 2.24) is 0 Å². The topological polar surface area (TPSA) is 39.2 Å². The van der Waals surface area contributed by atoms with Crippen LogP contribution in [-0.4, -0.2) is 6.54 Å². The van der Waals surface area contributed by atoms with Gasteiger partial charge >= 0.3 is 0 Å². The van der Waals surface area contributed by atoms with E-state index in [1.807, 2.05) is 6.92 Å². The molecule has 0 spiro atoms. The Morgan fingerprint density at radius 3 is 2.88 bits per heavy atom. The lowest BCUT2D eigenvalue weighted by molar-refractivity contribution is 0.588. The van der Waals surface area contributed by atoms with Crippen molar-refractivity contribution in [3.05, 3.63) is 35.8 Å². The third-order valence-electron chi connectivity index (χ3n) is 2.68. The quantitative estimate of drug-likeness (QED) is 0.897. The van der Waals surface area contributed by atoms with E-state index in [1.54, 1.807) is 12.3 Å². The molecule has 0 amide bonds. The largest absolute Gasteiger partial charge is 0.464 e. The van der Waals surface area contributed by atoms with E-state index in [4.69, 9.17) is 10.2 Å². The fourth-order valence-corrected chi connectivity index (χ4v) is 1.84. The maximum absolute atomic E-state index is 13.3. The van der Waals surface area contributed by atoms with Crippen molar-refractivity contribution in [3.63, 3.8) is 0 Å². The minimum Gasteiger partial charge on any atom is -0.464 e. The van der Waals surface area contributed by atoms with E-state index < -0.39 is 0 Å². The minimum absolute atomic E-state index is 0. The Hall–Kier alpha value is -1.06. The highest BCUT2D eigenvalue weighted by Crippen LogP contribution is 2.29. The van der Waals surface area contributed by atoms with Crippen LogP contribution < -0.4 is 5.73 Å². The summed E-state index contributed by atoms with van der Waals surface area (Å²) in [6, 6.07) is 4.79. The van der Waals surface area contributed by atoms with E-state index >= 15 is 0 Å². The monoisotopic (exact) mass is 243 g/mol. The number of benzene rings is 1. The fraction of sp³-hybridized carbons (Fsp3) is 0.333. The third-order valence-corrected chi connectivity index (χ3v) is 2.68. The van der Waals surface area contributed by atoms with Gasteiger partial charge in [0.05, 0.1) is 6.26 Å². The zero-order chi connectivity index (χ0) is 10.8. The highest BCUT2D eigenvalue weighted by atomic mass is 35.5. The molecule has 2 nitrogen and oxygen atoms in total. The summed E-state index contributed by atoms with van der Waals surface area (Å²) in [7, 11) is 0. The van der Waals surface area contributed by atoms with E-state index in [2.05, 4.69) is 0 Å². The zero-order valence-electron chi connectivity index (χ0n) is 9.07. The highest BCUT2D eigenvalue weighted by Gasteiger charge is 2.13. The van der Waals surface area contributed by atoms with Gasteiger partial charge in [0, 0.05) is 10.9 Å². The summed E-state index contributed by atoms with van der Waals surface area (Å²) in [6.45, 7) is 2.63. The van der Waals surface area contributed by atoms with Crippen LogP contribution in [-0.2, 0) is 0 Å². The molecule has 0 saturated carbocycles. The van der Waals surface area contributed by atoms with E-state index in [0.717, 1.165) is 23.0 Å². The lowest BCUT2D eigenvalue weighted by Gasteiger charge is -2.10. The molecule has 0 fully saturated rings. The molecule has 0 bridgehead atoms. The van der Waals surface area contributed by atoms with E-state index in [0.29, 0.717) is 6.54 Å². The number of fused-ring (bicyclic) bond motifs is 1. The van der Waals surface area contributed by atoms with Gasteiger partial charge in [0.1, 0.15) is 11.4 Å². The Labute approximate surface area is 100 Å². The summed E-state index contributed by atoms with van der Waals surface area (Å²) in [5.74, 6) is 0.00196. The lowest BCUT2D eigenvalue weighted by atomic mass is 9.96. The molecule has 2 N–H and O–H groups in total. The summed E-state index contributed by atoms with van der Waals surface area (Å²) in [6.07, 6.45) is 2.42.